The van der Waals surface area contributed by atoms with E-state index in [0.29, 0.717) is 0 Å². The van der Waals surface area contributed by atoms with Crippen LogP contribution in [-0.4, -0.2) is 41.9 Å². The van der Waals surface area contributed by atoms with Crippen LogP contribution in [0.5, 0.6) is 0 Å². The number of rotatable bonds is 4. The minimum absolute atomic E-state index is 0.180. The molecule has 3 nitrogen and oxygen atoms in total. The van der Waals surface area contributed by atoms with Crippen molar-refractivity contribution in [1.82, 2.24) is 9.80 Å². The first-order chi connectivity index (χ1) is 17.7. The maximum Gasteiger partial charge on any atom is 0.237 e. The molecule has 0 aromatic heterocycles. The number of carbonyl (C=O) groups excluding carboxylic acids is 1. The van der Waals surface area contributed by atoms with E-state index in [1.807, 2.05) is 48.2 Å². The fraction of sp³-hybridized carbons (Fsp3) is 0.219. The average molecular weight is 491 g/mol. The Morgan fingerprint density at radius 2 is 1.11 bits per heavy atom. The van der Waals surface area contributed by atoms with Crippen LogP contribution in [0.15, 0.2) is 119 Å². The Bertz CT molecular complexity index is 1280. The van der Waals surface area contributed by atoms with Gasteiger partial charge in [0.2, 0.25) is 5.91 Å². The van der Waals surface area contributed by atoms with E-state index in [0.717, 1.165) is 37.3 Å². The molecule has 0 radical (unpaired) electrons. The number of nitrogens with zero attached hydrogens (tertiary/aromatic N) is 2. The molecule has 1 saturated heterocycles. The molecule has 4 aromatic carbocycles. The first kappa shape index (κ1) is 23.1. The summed E-state index contributed by atoms with van der Waals surface area (Å²) in [5.74, 6) is 0.180. The lowest BCUT2D eigenvalue weighted by Crippen LogP contribution is -2.54. The van der Waals surface area contributed by atoms with Crippen LogP contribution in [0.4, 0.5) is 0 Å². The van der Waals surface area contributed by atoms with E-state index in [2.05, 4.69) is 89.5 Å². The molecular weight excluding hydrogens is 460 g/mol. The topological polar surface area (TPSA) is 23.6 Å². The lowest BCUT2D eigenvalue weighted by atomic mass is 9.75. The second kappa shape index (κ2) is 9.61. The van der Waals surface area contributed by atoms with Crippen LogP contribution in [0.3, 0.4) is 0 Å². The summed E-state index contributed by atoms with van der Waals surface area (Å²) < 4.78 is 0. The van der Waals surface area contributed by atoms with Crippen LogP contribution in [0.2, 0.25) is 0 Å². The van der Waals surface area contributed by atoms with E-state index in [9.17, 15) is 4.79 Å². The van der Waals surface area contributed by atoms with Gasteiger partial charge in [-0.1, -0.05) is 109 Å². The fourth-order valence-electron chi connectivity index (χ4n) is 5.73. The SMILES string of the molecule is CC(C(=O)N1CCN(C2c3ccccc3Sc3ccccc32)CC1)(c1ccccc1)c1ccccc1. The molecule has 4 heteroatoms. The summed E-state index contributed by atoms with van der Waals surface area (Å²) in [7, 11) is 0. The van der Waals surface area contributed by atoms with Crippen LogP contribution in [0.25, 0.3) is 0 Å². The normalized spacial score (nSPS) is 16.3. The van der Waals surface area contributed by atoms with Gasteiger partial charge < -0.3 is 4.90 Å². The molecule has 1 amide bonds. The lowest BCUT2D eigenvalue weighted by Gasteiger charge is -2.44. The largest absolute Gasteiger partial charge is 0.339 e. The molecule has 0 aliphatic carbocycles. The zero-order valence-electron chi connectivity index (χ0n) is 20.5. The third-order valence-corrected chi connectivity index (χ3v) is 8.93. The zero-order chi connectivity index (χ0) is 24.5. The van der Waals surface area contributed by atoms with E-state index in [1.165, 1.54) is 20.9 Å². The summed E-state index contributed by atoms with van der Waals surface area (Å²) in [5, 5.41) is 0. The van der Waals surface area contributed by atoms with Crippen LogP contribution in [0.1, 0.15) is 35.2 Å². The average Bonchev–Trinajstić information content (AvgIpc) is 2.96. The molecule has 0 spiro atoms. The monoisotopic (exact) mass is 490 g/mol. The summed E-state index contributed by atoms with van der Waals surface area (Å²) >= 11 is 1.86. The highest BCUT2D eigenvalue weighted by Gasteiger charge is 2.42. The van der Waals surface area contributed by atoms with Crippen molar-refractivity contribution in [1.29, 1.82) is 0 Å². The molecule has 2 heterocycles. The maximum atomic E-state index is 14.2. The Kier molecular flexibility index (Phi) is 6.16. The highest BCUT2D eigenvalue weighted by molar-refractivity contribution is 7.99. The first-order valence-corrected chi connectivity index (χ1v) is 13.5. The van der Waals surface area contributed by atoms with E-state index in [-0.39, 0.29) is 11.9 Å². The van der Waals surface area contributed by atoms with E-state index in [4.69, 9.17) is 0 Å². The van der Waals surface area contributed by atoms with E-state index < -0.39 is 5.41 Å². The van der Waals surface area contributed by atoms with E-state index >= 15 is 0 Å². The summed E-state index contributed by atoms with van der Waals surface area (Å²) in [4.78, 5) is 21.5. The second-order valence-corrected chi connectivity index (χ2v) is 10.8. The summed E-state index contributed by atoms with van der Waals surface area (Å²) in [6.45, 7) is 5.23. The Hall–Kier alpha value is -3.34. The zero-order valence-corrected chi connectivity index (χ0v) is 21.3. The number of benzene rings is 4. The summed E-state index contributed by atoms with van der Waals surface area (Å²) in [5.41, 5.74) is 4.11. The third kappa shape index (κ3) is 3.95. The quantitative estimate of drug-likeness (QED) is 0.331. The van der Waals surface area contributed by atoms with Crippen LogP contribution >= 0.6 is 11.8 Å². The molecule has 36 heavy (non-hydrogen) atoms. The Balaban J connectivity index is 1.28. The van der Waals surface area contributed by atoms with Crippen molar-refractivity contribution < 1.29 is 4.79 Å². The number of hydrogen-bond acceptors (Lipinski definition) is 3. The molecule has 4 aromatic rings. The van der Waals surface area contributed by atoms with Gasteiger partial charge in [-0.2, -0.15) is 0 Å². The fourth-order valence-corrected chi connectivity index (χ4v) is 6.86. The highest BCUT2D eigenvalue weighted by atomic mass is 32.2. The van der Waals surface area contributed by atoms with Gasteiger partial charge in [0.05, 0.1) is 11.5 Å². The number of fused-ring (bicyclic) bond motifs is 2. The lowest BCUT2D eigenvalue weighted by molar-refractivity contribution is -0.137. The van der Waals surface area contributed by atoms with Gasteiger partial charge in [-0.25, -0.2) is 0 Å². The van der Waals surface area contributed by atoms with Gasteiger partial charge in [-0.05, 0) is 41.3 Å². The Morgan fingerprint density at radius 1 is 0.667 bits per heavy atom. The Labute approximate surface area is 217 Å². The van der Waals surface area contributed by atoms with Crippen molar-refractivity contribution in [3.05, 3.63) is 131 Å². The molecule has 1 fully saturated rings. The highest BCUT2D eigenvalue weighted by Crippen LogP contribution is 2.47. The van der Waals surface area contributed by atoms with Crippen molar-refractivity contribution in [2.24, 2.45) is 0 Å². The first-order valence-electron chi connectivity index (χ1n) is 12.7. The molecule has 6 rings (SSSR count). The maximum absolute atomic E-state index is 14.2. The molecule has 0 N–H and O–H groups in total. The molecular formula is C32H30N2OS. The van der Waals surface area contributed by atoms with Gasteiger partial charge in [-0.3, -0.25) is 9.69 Å². The summed E-state index contributed by atoms with van der Waals surface area (Å²) in [6, 6.07) is 38.2. The predicted octanol–water partition coefficient (Wildman–Crippen LogP) is 6.39. The number of carbonyl (C=O) groups is 1. The smallest absolute Gasteiger partial charge is 0.237 e. The van der Waals surface area contributed by atoms with Crippen molar-refractivity contribution in [2.45, 2.75) is 28.2 Å². The number of piperazine rings is 1. The molecule has 0 bridgehead atoms. The van der Waals surface area contributed by atoms with Gasteiger partial charge in [0.25, 0.3) is 0 Å². The van der Waals surface area contributed by atoms with Gasteiger partial charge in [-0.15, -0.1) is 0 Å². The standard InChI is InChI=1S/C32H30N2OS/c1-32(24-12-4-2-5-13-24,25-14-6-3-7-15-25)31(35)34-22-20-33(21-23-34)30-26-16-8-10-18-28(26)36-29-19-11-9-17-27(29)30/h2-19,30H,20-23H2,1H3. The van der Waals surface area contributed by atoms with Crippen LogP contribution in [-0.2, 0) is 10.2 Å². The number of amides is 1. The third-order valence-electron chi connectivity index (χ3n) is 7.74. The molecule has 0 unspecified atom stereocenters. The number of hydrogen-bond donors (Lipinski definition) is 0. The van der Waals surface area contributed by atoms with Crippen molar-refractivity contribution in [2.75, 3.05) is 26.2 Å². The van der Waals surface area contributed by atoms with Crippen molar-refractivity contribution in [3.8, 4) is 0 Å². The summed E-state index contributed by atoms with van der Waals surface area (Å²) in [6.07, 6.45) is 0. The molecule has 0 saturated carbocycles. The molecule has 2 aliphatic rings. The van der Waals surface area contributed by atoms with Crippen LogP contribution < -0.4 is 0 Å². The minimum atomic E-state index is -0.717. The molecule has 180 valence electrons. The van der Waals surface area contributed by atoms with Gasteiger partial charge in [0.15, 0.2) is 0 Å². The van der Waals surface area contributed by atoms with Gasteiger partial charge in [0.1, 0.15) is 0 Å². The van der Waals surface area contributed by atoms with Crippen molar-refractivity contribution >= 4 is 17.7 Å². The van der Waals surface area contributed by atoms with Crippen molar-refractivity contribution in [3.63, 3.8) is 0 Å². The predicted molar refractivity (Wildman–Crippen MR) is 146 cm³/mol. The van der Waals surface area contributed by atoms with Crippen LogP contribution in [0, 0.1) is 0 Å². The van der Waals surface area contributed by atoms with Gasteiger partial charge in [0, 0.05) is 36.0 Å². The Morgan fingerprint density at radius 3 is 1.61 bits per heavy atom. The van der Waals surface area contributed by atoms with Gasteiger partial charge >= 0.3 is 0 Å². The molecule has 2 aliphatic heterocycles. The minimum Gasteiger partial charge on any atom is -0.339 e. The van der Waals surface area contributed by atoms with E-state index in [1.54, 1.807) is 0 Å². The molecule has 0 atom stereocenters. The second-order valence-electron chi connectivity index (χ2n) is 9.77.